The molecule has 3 aromatic carbocycles. The summed E-state index contributed by atoms with van der Waals surface area (Å²) in [6.45, 7) is 0.0551. The molecule has 0 radical (unpaired) electrons. The second-order valence-corrected chi connectivity index (χ2v) is 7.04. The highest BCUT2D eigenvalue weighted by molar-refractivity contribution is 6.13. The van der Waals surface area contributed by atoms with Crippen molar-refractivity contribution in [2.75, 3.05) is 12.1 Å². The number of hydrogen-bond acceptors (Lipinski definition) is 4. The molecule has 1 aromatic heterocycles. The van der Waals surface area contributed by atoms with Gasteiger partial charge in [-0.25, -0.2) is 26.9 Å². The SMILES string of the molecule is O=C(Nc1c(F)c(F)c(F)c(F)c1F)c1cc(-c2ccc3c(c2)OCO3)nc2ccccc12. The van der Waals surface area contributed by atoms with E-state index in [1.165, 1.54) is 6.07 Å². The quantitative estimate of drug-likeness (QED) is 0.248. The largest absolute Gasteiger partial charge is 0.454 e. The third-order valence-electron chi connectivity index (χ3n) is 5.08. The molecule has 0 fully saturated rings. The second-order valence-electron chi connectivity index (χ2n) is 7.04. The minimum atomic E-state index is -2.32. The average molecular weight is 458 g/mol. The van der Waals surface area contributed by atoms with Crippen molar-refractivity contribution in [1.29, 1.82) is 0 Å². The average Bonchev–Trinajstić information content (AvgIpc) is 3.31. The zero-order valence-corrected chi connectivity index (χ0v) is 16.4. The lowest BCUT2D eigenvalue weighted by atomic mass is 10.0. The van der Waals surface area contributed by atoms with Gasteiger partial charge in [0.05, 0.1) is 16.8 Å². The van der Waals surface area contributed by atoms with Crippen molar-refractivity contribution >= 4 is 22.5 Å². The van der Waals surface area contributed by atoms with Crippen LogP contribution in [0.15, 0.2) is 48.5 Å². The number of amides is 1. The van der Waals surface area contributed by atoms with Gasteiger partial charge in [0.15, 0.2) is 34.8 Å². The van der Waals surface area contributed by atoms with Crippen LogP contribution in [0.25, 0.3) is 22.2 Å². The molecule has 5 rings (SSSR count). The van der Waals surface area contributed by atoms with E-state index in [2.05, 4.69) is 4.98 Å². The minimum absolute atomic E-state index is 0.0551. The van der Waals surface area contributed by atoms with Gasteiger partial charge in [-0.1, -0.05) is 18.2 Å². The van der Waals surface area contributed by atoms with E-state index < -0.39 is 40.7 Å². The van der Waals surface area contributed by atoms with Gasteiger partial charge in [-0.05, 0) is 30.3 Å². The second kappa shape index (κ2) is 7.73. The third kappa shape index (κ3) is 3.39. The first-order chi connectivity index (χ1) is 15.8. The molecule has 166 valence electrons. The Balaban J connectivity index is 1.62. The molecule has 5 nitrogen and oxygen atoms in total. The lowest BCUT2D eigenvalue weighted by Crippen LogP contribution is -2.17. The van der Waals surface area contributed by atoms with Crippen LogP contribution in [0.5, 0.6) is 11.5 Å². The fourth-order valence-electron chi connectivity index (χ4n) is 3.46. The van der Waals surface area contributed by atoms with E-state index in [9.17, 15) is 26.7 Å². The number of anilines is 1. The lowest BCUT2D eigenvalue weighted by molar-refractivity contribution is 0.102. The summed E-state index contributed by atoms with van der Waals surface area (Å²) >= 11 is 0. The van der Waals surface area contributed by atoms with Gasteiger partial charge < -0.3 is 14.8 Å². The minimum Gasteiger partial charge on any atom is -0.454 e. The van der Waals surface area contributed by atoms with Crippen molar-refractivity contribution in [3.63, 3.8) is 0 Å². The van der Waals surface area contributed by atoms with Crippen LogP contribution in [0, 0.1) is 29.1 Å². The number of nitrogens with zero attached hydrogens (tertiary/aromatic N) is 1. The highest BCUT2D eigenvalue weighted by Gasteiger charge is 2.28. The van der Waals surface area contributed by atoms with Crippen LogP contribution < -0.4 is 14.8 Å². The maximum Gasteiger partial charge on any atom is 0.256 e. The van der Waals surface area contributed by atoms with E-state index in [1.54, 1.807) is 42.5 Å². The number of ether oxygens (including phenoxy) is 2. The monoisotopic (exact) mass is 458 g/mol. The Kier molecular flexibility index (Phi) is 4.85. The Morgan fingerprint density at radius 2 is 1.48 bits per heavy atom. The van der Waals surface area contributed by atoms with Gasteiger partial charge >= 0.3 is 0 Å². The van der Waals surface area contributed by atoms with Crippen LogP contribution in [0.2, 0.25) is 0 Å². The first kappa shape index (κ1) is 20.7. The van der Waals surface area contributed by atoms with Crippen molar-refractivity contribution in [3.8, 4) is 22.8 Å². The van der Waals surface area contributed by atoms with Crippen molar-refractivity contribution in [3.05, 3.63) is 83.2 Å². The molecule has 0 saturated heterocycles. The molecule has 4 aromatic rings. The fraction of sp³-hybridized carbons (Fsp3) is 0.0435. The highest BCUT2D eigenvalue weighted by atomic mass is 19.2. The smallest absolute Gasteiger partial charge is 0.256 e. The Labute approximate surface area is 182 Å². The summed E-state index contributed by atoms with van der Waals surface area (Å²) in [5.41, 5.74) is -0.292. The number of halogens is 5. The number of rotatable bonds is 3. The van der Waals surface area contributed by atoms with Gasteiger partial charge in [0.1, 0.15) is 5.69 Å². The van der Waals surface area contributed by atoms with Gasteiger partial charge in [0.25, 0.3) is 5.91 Å². The van der Waals surface area contributed by atoms with Gasteiger partial charge in [0.2, 0.25) is 12.6 Å². The first-order valence-corrected chi connectivity index (χ1v) is 9.47. The molecule has 0 saturated carbocycles. The topological polar surface area (TPSA) is 60.5 Å². The number of nitrogens with one attached hydrogen (secondary N) is 1. The third-order valence-corrected chi connectivity index (χ3v) is 5.08. The van der Waals surface area contributed by atoms with E-state index in [1.807, 2.05) is 5.32 Å². The maximum atomic E-state index is 14.1. The lowest BCUT2D eigenvalue weighted by Gasteiger charge is -2.13. The van der Waals surface area contributed by atoms with Gasteiger partial charge in [-0.15, -0.1) is 0 Å². The van der Waals surface area contributed by atoms with E-state index >= 15 is 0 Å². The maximum absolute atomic E-state index is 14.1. The summed E-state index contributed by atoms with van der Waals surface area (Å²) in [6.07, 6.45) is 0. The first-order valence-electron chi connectivity index (χ1n) is 9.47. The van der Waals surface area contributed by atoms with Crippen molar-refractivity contribution in [2.45, 2.75) is 0 Å². The molecule has 1 amide bonds. The number of carbonyl (C=O) groups is 1. The number of benzene rings is 3. The molecule has 0 atom stereocenters. The Morgan fingerprint density at radius 1 is 0.818 bits per heavy atom. The Morgan fingerprint density at radius 3 is 2.24 bits per heavy atom. The Hall–Kier alpha value is -4.21. The highest BCUT2D eigenvalue weighted by Crippen LogP contribution is 2.36. The zero-order valence-electron chi connectivity index (χ0n) is 16.4. The van der Waals surface area contributed by atoms with Crippen LogP contribution >= 0.6 is 0 Å². The molecule has 0 unspecified atom stereocenters. The van der Waals surface area contributed by atoms with E-state index in [4.69, 9.17) is 9.47 Å². The van der Waals surface area contributed by atoms with Crippen LogP contribution in [-0.2, 0) is 0 Å². The number of hydrogen-bond donors (Lipinski definition) is 1. The number of carbonyl (C=O) groups excluding carboxylic acids is 1. The standard InChI is InChI=1S/C23H11F5N2O3/c24-17-18(25)20(27)22(21(28)19(17)26)30-23(31)12-8-14(29-13-4-2-1-3-11(12)13)10-5-6-15-16(7-10)33-9-32-15/h1-8H,9H2,(H,30,31). The van der Waals surface area contributed by atoms with E-state index in [0.29, 0.717) is 33.7 Å². The molecule has 1 aliphatic heterocycles. The molecular formula is C23H11F5N2O3. The summed E-state index contributed by atoms with van der Waals surface area (Å²) in [7, 11) is 0. The molecule has 33 heavy (non-hydrogen) atoms. The molecular weight excluding hydrogens is 447 g/mol. The van der Waals surface area contributed by atoms with E-state index in [-0.39, 0.29) is 12.4 Å². The van der Waals surface area contributed by atoms with Crippen molar-refractivity contribution in [1.82, 2.24) is 4.98 Å². The predicted octanol–water partition coefficient (Wildman–Crippen LogP) is 5.58. The molecule has 1 aliphatic rings. The van der Waals surface area contributed by atoms with Crippen LogP contribution in [0.3, 0.4) is 0 Å². The van der Waals surface area contributed by atoms with E-state index in [0.717, 1.165) is 0 Å². The van der Waals surface area contributed by atoms with Gasteiger partial charge in [-0.3, -0.25) is 4.79 Å². The van der Waals surface area contributed by atoms with Crippen molar-refractivity contribution < 1.29 is 36.2 Å². The van der Waals surface area contributed by atoms with Crippen LogP contribution in [0.4, 0.5) is 27.6 Å². The summed E-state index contributed by atoms with van der Waals surface area (Å²) < 4.78 is 79.3. The molecule has 2 heterocycles. The number of fused-ring (bicyclic) bond motifs is 2. The molecule has 10 heteroatoms. The number of aromatic nitrogens is 1. The summed E-state index contributed by atoms with van der Waals surface area (Å²) in [5.74, 6) is -11.0. The van der Waals surface area contributed by atoms with Gasteiger partial charge in [0, 0.05) is 10.9 Å². The van der Waals surface area contributed by atoms with Crippen molar-refractivity contribution in [2.24, 2.45) is 0 Å². The molecule has 0 spiro atoms. The number of pyridine rings is 1. The zero-order chi connectivity index (χ0) is 23.3. The predicted molar refractivity (Wildman–Crippen MR) is 107 cm³/mol. The Bertz CT molecular complexity index is 1430. The normalized spacial score (nSPS) is 12.3. The van der Waals surface area contributed by atoms with Crippen LogP contribution in [0.1, 0.15) is 10.4 Å². The molecule has 0 aliphatic carbocycles. The molecule has 1 N–H and O–H groups in total. The fourth-order valence-corrected chi connectivity index (χ4v) is 3.46. The summed E-state index contributed by atoms with van der Waals surface area (Å²) in [4.78, 5) is 17.5. The van der Waals surface area contributed by atoms with Crippen LogP contribution in [-0.4, -0.2) is 17.7 Å². The summed E-state index contributed by atoms with van der Waals surface area (Å²) in [6, 6.07) is 12.8. The summed E-state index contributed by atoms with van der Waals surface area (Å²) in [5, 5.41) is 2.12. The van der Waals surface area contributed by atoms with Gasteiger partial charge in [-0.2, -0.15) is 0 Å². The molecule has 0 bridgehead atoms. The number of para-hydroxylation sites is 1.